The first kappa shape index (κ1) is 14.2. The molecule has 0 unspecified atom stereocenters. The highest BCUT2D eigenvalue weighted by Gasteiger charge is 2.37. The van der Waals surface area contributed by atoms with Crippen LogP contribution in [0.25, 0.3) is 0 Å². The molecule has 106 valence electrons. The predicted molar refractivity (Wildman–Crippen MR) is 81.1 cm³/mol. The molecule has 0 radical (unpaired) electrons. The third kappa shape index (κ3) is 2.36. The van der Waals surface area contributed by atoms with Crippen molar-refractivity contribution in [3.63, 3.8) is 0 Å². The molecular formula is C15H8BrClFNO2. The van der Waals surface area contributed by atoms with Gasteiger partial charge in [-0.1, -0.05) is 33.6 Å². The maximum atomic E-state index is 13.8. The lowest BCUT2D eigenvalue weighted by Gasteiger charge is -2.17. The summed E-state index contributed by atoms with van der Waals surface area (Å²) in [6.07, 6.45) is 0. The summed E-state index contributed by atoms with van der Waals surface area (Å²) in [5.74, 6) is -1.79. The molecule has 6 heteroatoms. The van der Waals surface area contributed by atoms with Gasteiger partial charge in [0, 0.05) is 10.0 Å². The fraction of sp³-hybridized carbons (Fsp3) is 0.0667. The summed E-state index contributed by atoms with van der Waals surface area (Å²) in [6.45, 7) is -0.0246. The Labute approximate surface area is 133 Å². The molecule has 1 heterocycles. The number of hydrogen-bond donors (Lipinski definition) is 0. The highest BCUT2D eigenvalue weighted by Crippen LogP contribution is 2.35. The number of carbonyl (C=O) groups is 2. The topological polar surface area (TPSA) is 37.4 Å². The number of hydrogen-bond acceptors (Lipinski definition) is 2. The van der Waals surface area contributed by atoms with Crippen molar-refractivity contribution in [2.24, 2.45) is 0 Å². The quantitative estimate of drug-likeness (QED) is 0.752. The third-order valence-electron chi connectivity index (χ3n) is 3.29. The van der Waals surface area contributed by atoms with Crippen molar-refractivity contribution in [3.05, 3.63) is 62.8 Å². The van der Waals surface area contributed by atoms with Gasteiger partial charge in [-0.2, -0.15) is 0 Å². The molecule has 0 spiro atoms. The van der Waals surface area contributed by atoms with Crippen molar-refractivity contribution in [1.29, 1.82) is 0 Å². The van der Waals surface area contributed by atoms with E-state index in [9.17, 15) is 14.0 Å². The van der Waals surface area contributed by atoms with E-state index >= 15 is 0 Å². The number of carbonyl (C=O) groups excluding carboxylic acids is 2. The number of Topliss-reactive ketones (excluding diaryl/α,β-unsaturated/α-hetero) is 1. The Morgan fingerprint density at radius 2 is 1.95 bits per heavy atom. The largest absolute Gasteiger partial charge is 0.300 e. The monoisotopic (exact) mass is 367 g/mol. The Balaban J connectivity index is 2.05. The molecule has 1 aliphatic rings. The molecule has 0 atom stereocenters. The number of fused-ring (bicyclic) bond motifs is 1. The van der Waals surface area contributed by atoms with E-state index < -0.39 is 17.5 Å². The molecule has 0 saturated carbocycles. The SMILES string of the molecule is O=C1C(=O)N(Cc2cc(Br)ccc2F)c2cccc(Cl)c21. The second kappa shape index (κ2) is 5.24. The predicted octanol–water partition coefficient (Wildman–Crippen LogP) is 3.97. The van der Waals surface area contributed by atoms with Crippen LogP contribution in [0.3, 0.4) is 0 Å². The standard InChI is InChI=1S/C15H8BrClFNO2/c16-9-4-5-11(18)8(6-9)7-19-12-3-1-2-10(17)13(12)14(20)15(19)21/h1-6H,7H2. The van der Waals surface area contributed by atoms with Gasteiger partial charge < -0.3 is 4.90 Å². The van der Waals surface area contributed by atoms with Gasteiger partial charge in [0.2, 0.25) is 0 Å². The summed E-state index contributed by atoms with van der Waals surface area (Å²) in [7, 11) is 0. The number of anilines is 1. The van der Waals surface area contributed by atoms with Crippen LogP contribution in [0.4, 0.5) is 10.1 Å². The van der Waals surface area contributed by atoms with Gasteiger partial charge in [-0.15, -0.1) is 0 Å². The molecule has 21 heavy (non-hydrogen) atoms. The number of halogens is 3. The van der Waals surface area contributed by atoms with Crippen LogP contribution in [0.15, 0.2) is 40.9 Å². The van der Waals surface area contributed by atoms with E-state index in [-0.39, 0.29) is 17.1 Å². The number of amides is 1. The molecule has 2 aromatic rings. The van der Waals surface area contributed by atoms with Crippen molar-refractivity contribution in [2.75, 3.05) is 4.90 Å². The smallest absolute Gasteiger partial charge is 0.299 e. The lowest BCUT2D eigenvalue weighted by molar-refractivity contribution is -0.114. The number of benzene rings is 2. The Kier molecular flexibility index (Phi) is 3.55. The first-order valence-electron chi connectivity index (χ1n) is 6.07. The van der Waals surface area contributed by atoms with Gasteiger partial charge in [0.05, 0.1) is 22.8 Å². The van der Waals surface area contributed by atoms with Crippen LogP contribution in [0.2, 0.25) is 5.02 Å². The second-order valence-electron chi connectivity index (χ2n) is 4.59. The number of rotatable bonds is 2. The molecule has 2 aromatic carbocycles. The van der Waals surface area contributed by atoms with Gasteiger partial charge in [-0.05, 0) is 30.3 Å². The molecule has 3 rings (SSSR count). The summed E-state index contributed by atoms with van der Waals surface area (Å²) in [6, 6.07) is 9.28. The summed E-state index contributed by atoms with van der Waals surface area (Å²) in [4.78, 5) is 25.3. The van der Waals surface area contributed by atoms with Gasteiger partial charge in [0.15, 0.2) is 0 Å². The number of nitrogens with zero attached hydrogens (tertiary/aromatic N) is 1. The normalized spacial score (nSPS) is 13.8. The third-order valence-corrected chi connectivity index (χ3v) is 4.09. The zero-order valence-electron chi connectivity index (χ0n) is 10.6. The van der Waals surface area contributed by atoms with Crippen LogP contribution >= 0.6 is 27.5 Å². The Morgan fingerprint density at radius 3 is 2.71 bits per heavy atom. The molecular weight excluding hydrogens is 361 g/mol. The van der Waals surface area contributed by atoms with Gasteiger partial charge in [-0.25, -0.2) is 4.39 Å². The summed E-state index contributed by atoms with van der Waals surface area (Å²) in [5, 5.41) is 0.225. The van der Waals surface area contributed by atoms with Gasteiger partial charge in [-0.3, -0.25) is 9.59 Å². The van der Waals surface area contributed by atoms with Crippen LogP contribution in [0, 0.1) is 5.82 Å². The van der Waals surface area contributed by atoms with E-state index in [0.29, 0.717) is 15.7 Å². The molecule has 0 aromatic heterocycles. The van der Waals surface area contributed by atoms with Crippen molar-refractivity contribution >= 4 is 44.9 Å². The van der Waals surface area contributed by atoms with Crippen LogP contribution < -0.4 is 4.90 Å². The lowest BCUT2D eigenvalue weighted by Crippen LogP contribution is -2.29. The number of ketones is 1. The minimum Gasteiger partial charge on any atom is -0.300 e. The maximum absolute atomic E-state index is 13.8. The minimum atomic E-state index is -0.697. The van der Waals surface area contributed by atoms with Gasteiger partial charge in [0.25, 0.3) is 11.7 Å². The first-order chi connectivity index (χ1) is 9.99. The minimum absolute atomic E-state index is 0.0246. The van der Waals surface area contributed by atoms with Crippen molar-refractivity contribution in [3.8, 4) is 0 Å². The molecule has 0 N–H and O–H groups in total. The molecule has 1 aliphatic heterocycles. The average molecular weight is 369 g/mol. The zero-order valence-corrected chi connectivity index (χ0v) is 12.9. The van der Waals surface area contributed by atoms with Crippen molar-refractivity contribution in [2.45, 2.75) is 6.54 Å². The first-order valence-corrected chi connectivity index (χ1v) is 7.25. The lowest BCUT2D eigenvalue weighted by atomic mass is 10.1. The second-order valence-corrected chi connectivity index (χ2v) is 5.91. The van der Waals surface area contributed by atoms with Crippen LogP contribution in [-0.4, -0.2) is 11.7 Å². The molecule has 0 bridgehead atoms. The fourth-order valence-corrected chi connectivity index (χ4v) is 2.96. The van der Waals surface area contributed by atoms with Crippen LogP contribution in [-0.2, 0) is 11.3 Å². The summed E-state index contributed by atoms with van der Waals surface area (Å²) < 4.78 is 14.5. The highest BCUT2D eigenvalue weighted by molar-refractivity contribution is 9.10. The Bertz CT molecular complexity index is 778. The average Bonchev–Trinajstić information content (AvgIpc) is 2.69. The van der Waals surface area contributed by atoms with Gasteiger partial charge >= 0.3 is 0 Å². The Hall–Kier alpha value is -1.72. The van der Waals surface area contributed by atoms with Crippen LogP contribution in [0.5, 0.6) is 0 Å². The molecule has 1 amide bonds. The van der Waals surface area contributed by atoms with Gasteiger partial charge in [0.1, 0.15) is 5.82 Å². The highest BCUT2D eigenvalue weighted by atomic mass is 79.9. The van der Waals surface area contributed by atoms with Crippen LogP contribution in [0.1, 0.15) is 15.9 Å². The van der Waals surface area contributed by atoms with E-state index in [1.54, 1.807) is 30.3 Å². The summed E-state index contributed by atoms with van der Waals surface area (Å²) in [5.41, 5.74) is 0.912. The van der Waals surface area contributed by atoms with E-state index in [1.807, 2.05) is 0 Å². The van der Waals surface area contributed by atoms with Crippen molar-refractivity contribution < 1.29 is 14.0 Å². The Morgan fingerprint density at radius 1 is 1.19 bits per heavy atom. The van der Waals surface area contributed by atoms with E-state index in [4.69, 9.17) is 11.6 Å². The van der Waals surface area contributed by atoms with E-state index in [1.165, 1.54) is 11.0 Å². The fourth-order valence-electron chi connectivity index (χ4n) is 2.29. The molecule has 3 nitrogen and oxygen atoms in total. The zero-order chi connectivity index (χ0) is 15.1. The molecule has 0 aliphatic carbocycles. The molecule has 0 saturated heterocycles. The maximum Gasteiger partial charge on any atom is 0.299 e. The van der Waals surface area contributed by atoms with E-state index in [0.717, 1.165) is 0 Å². The molecule has 0 fully saturated rings. The summed E-state index contributed by atoms with van der Waals surface area (Å²) >= 11 is 9.23. The van der Waals surface area contributed by atoms with Crippen molar-refractivity contribution in [1.82, 2.24) is 0 Å². The van der Waals surface area contributed by atoms with E-state index in [2.05, 4.69) is 15.9 Å².